The maximum absolute atomic E-state index is 11.7. The van der Waals surface area contributed by atoms with Gasteiger partial charge in [0.1, 0.15) is 10.1 Å². The van der Waals surface area contributed by atoms with E-state index in [9.17, 15) is 13.0 Å². The van der Waals surface area contributed by atoms with Gasteiger partial charge in [0.15, 0.2) is 0 Å². The molecule has 5 heteroatoms. The first-order chi connectivity index (χ1) is 18.5. The second kappa shape index (κ2) is 22.8. The number of rotatable bonds is 23. The molecule has 0 atom stereocenters. The Balaban J connectivity index is 0.00000760. The first kappa shape index (κ1) is 37.3. The van der Waals surface area contributed by atoms with Crippen molar-refractivity contribution in [3.63, 3.8) is 0 Å². The summed E-state index contributed by atoms with van der Waals surface area (Å²) < 4.78 is 35.0. The Labute approximate surface area is 283 Å². The quantitative estimate of drug-likeness (QED) is 0.0767. The fourth-order valence-electron chi connectivity index (χ4n) is 5.61. The Kier molecular flexibility index (Phi) is 21.8. The van der Waals surface area contributed by atoms with Gasteiger partial charge in [-0.15, -0.1) is 0 Å². The molecule has 39 heavy (non-hydrogen) atoms. The zero-order chi connectivity index (χ0) is 27.5. The van der Waals surface area contributed by atoms with Crippen molar-refractivity contribution in [2.45, 2.75) is 160 Å². The van der Waals surface area contributed by atoms with Crippen LogP contribution in [-0.4, -0.2) is 13.0 Å². The van der Waals surface area contributed by atoms with Crippen LogP contribution < -0.4 is 51.4 Å². The average Bonchev–Trinajstić information content (AvgIpc) is 2.90. The number of unbranched alkanes of at least 4 members (excludes halogenated alkanes) is 18. The van der Waals surface area contributed by atoms with Gasteiger partial charge in [0.25, 0.3) is 0 Å². The minimum absolute atomic E-state index is 0. The minimum Gasteiger partial charge on any atom is -0.744 e. The van der Waals surface area contributed by atoms with Crippen LogP contribution in [0.4, 0.5) is 0 Å². The number of aryl methyl sites for hydroxylation is 2. The van der Waals surface area contributed by atoms with Gasteiger partial charge in [0, 0.05) is 0 Å². The average molecular weight is 583 g/mol. The van der Waals surface area contributed by atoms with E-state index in [1.165, 1.54) is 139 Å². The van der Waals surface area contributed by atoms with Gasteiger partial charge in [0.05, 0.1) is 4.90 Å². The molecule has 3 nitrogen and oxygen atoms in total. The molecule has 0 aromatic heterocycles. The fraction of sp³-hybridized carbons (Fsp3) is 0.706. The van der Waals surface area contributed by atoms with Gasteiger partial charge in [-0.05, 0) is 59.7 Å². The predicted molar refractivity (Wildman–Crippen MR) is 163 cm³/mol. The normalized spacial score (nSPS) is 11.7. The number of hydrogen-bond acceptors (Lipinski definition) is 3. The Bertz CT molecular complexity index is 1000. The molecule has 0 N–H and O–H groups in total. The largest absolute Gasteiger partial charge is 1.00 e. The van der Waals surface area contributed by atoms with Crippen LogP contribution in [0, 0.1) is 0 Å². The van der Waals surface area contributed by atoms with E-state index >= 15 is 0 Å². The first-order valence-corrected chi connectivity index (χ1v) is 17.4. The van der Waals surface area contributed by atoms with E-state index in [0.29, 0.717) is 0 Å². The molecule has 0 aliphatic carbocycles. The number of benzene rings is 2. The molecule has 2 aromatic rings. The van der Waals surface area contributed by atoms with Crippen molar-refractivity contribution >= 4 is 20.9 Å². The molecule has 0 unspecified atom stereocenters. The van der Waals surface area contributed by atoms with Gasteiger partial charge in [-0.2, -0.15) is 0 Å². The Morgan fingerprint density at radius 3 is 1.46 bits per heavy atom. The van der Waals surface area contributed by atoms with Crippen LogP contribution >= 0.6 is 0 Å². The third kappa shape index (κ3) is 16.5. The van der Waals surface area contributed by atoms with E-state index < -0.39 is 10.1 Å². The standard InChI is InChI=1S/C34H56O3S.K/c1-3-5-7-9-11-13-15-17-19-21-23-30-27-31(24-22-20-18-16-14-12-10-8-6-4-2)34-29-33(38(35,36)37)26-25-32(34)28-30;/h25-29H,3-24H2,1-2H3,(H,35,36,37);/q;+1/p-1. The second-order valence-corrected chi connectivity index (χ2v) is 12.8. The minimum atomic E-state index is -4.45. The van der Waals surface area contributed by atoms with Gasteiger partial charge < -0.3 is 4.55 Å². The predicted octanol–water partition coefficient (Wildman–Crippen LogP) is 7.67. The van der Waals surface area contributed by atoms with Crippen LogP contribution in [0.25, 0.3) is 10.8 Å². The van der Waals surface area contributed by atoms with Crippen LogP contribution in [0.2, 0.25) is 0 Å². The molecule has 0 aliphatic rings. The SMILES string of the molecule is CCCCCCCCCCCCc1cc(CCCCCCCCCCCC)c2cc(S(=O)(=O)[O-])ccc2c1.[K+]. The van der Waals surface area contributed by atoms with Gasteiger partial charge in [0.2, 0.25) is 0 Å². The molecular formula is C34H55KO3S. The summed E-state index contributed by atoms with van der Waals surface area (Å²) in [4.78, 5) is -0.114. The van der Waals surface area contributed by atoms with E-state index in [1.807, 2.05) is 6.07 Å². The summed E-state index contributed by atoms with van der Waals surface area (Å²) in [6.07, 6.45) is 28.4. The van der Waals surface area contributed by atoms with Crippen LogP contribution in [0.5, 0.6) is 0 Å². The molecule has 0 amide bonds. The third-order valence-corrected chi connectivity index (χ3v) is 8.81. The van der Waals surface area contributed by atoms with Crippen LogP contribution in [-0.2, 0) is 23.0 Å². The molecule has 216 valence electrons. The maximum atomic E-state index is 11.7. The van der Waals surface area contributed by atoms with Crippen LogP contribution in [0.1, 0.15) is 153 Å². The maximum Gasteiger partial charge on any atom is 1.00 e. The molecule has 0 radical (unpaired) electrons. The Morgan fingerprint density at radius 2 is 1.00 bits per heavy atom. The summed E-state index contributed by atoms with van der Waals surface area (Å²) in [6.45, 7) is 4.53. The first-order valence-electron chi connectivity index (χ1n) is 16.0. The monoisotopic (exact) mass is 582 g/mol. The van der Waals surface area contributed by atoms with Crippen LogP contribution in [0.3, 0.4) is 0 Å². The van der Waals surface area contributed by atoms with Gasteiger partial charge in [-0.25, -0.2) is 8.42 Å². The zero-order valence-electron chi connectivity index (χ0n) is 25.6. The van der Waals surface area contributed by atoms with Gasteiger partial charge >= 0.3 is 51.4 Å². The summed E-state index contributed by atoms with van der Waals surface area (Å²) in [5.41, 5.74) is 2.55. The van der Waals surface area contributed by atoms with Gasteiger partial charge in [-0.1, -0.05) is 148 Å². The van der Waals surface area contributed by atoms with Crippen molar-refractivity contribution < 1.29 is 64.4 Å². The topological polar surface area (TPSA) is 57.2 Å². The summed E-state index contributed by atoms with van der Waals surface area (Å²) in [7, 11) is -4.45. The van der Waals surface area contributed by atoms with Crippen molar-refractivity contribution in [2.24, 2.45) is 0 Å². The molecule has 0 spiro atoms. The third-order valence-electron chi connectivity index (χ3n) is 7.98. The molecule has 0 bridgehead atoms. The summed E-state index contributed by atoms with van der Waals surface area (Å²) in [5, 5.41) is 1.99. The van der Waals surface area contributed by atoms with E-state index in [2.05, 4.69) is 26.0 Å². The van der Waals surface area contributed by atoms with E-state index in [-0.39, 0.29) is 56.3 Å². The smallest absolute Gasteiger partial charge is 0.744 e. The van der Waals surface area contributed by atoms with E-state index in [0.717, 1.165) is 30.0 Å². The number of hydrogen-bond donors (Lipinski definition) is 0. The summed E-state index contributed by atoms with van der Waals surface area (Å²) >= 11 is 0. The van der Waals surface area contributed by atoms with Crippen molar-refractivity contribution in [3.8, 4) is 0 Å². The summed E-state index contributed by atoms with van der Waals surface area (Å²) in [6, 6.07) is 9.38. The van der Waals surface area contributed by atoms with Crippen molar-refractivity contribution in [1.29, 1.82) is 0 Å². The number of fused-ring (bicyclic) bond motifs is 1. The fourth-order valence-corrected chi connectivity index (χ4v) is 6.11. The summed E-state index contributed by atoms with van der Waals surface area (Å²) in [5.74, 6) is 0. The van der Waals surface area contributed by atoms with Crippen molar-refractivity contribution in [1.82, 2.24) is 0 Å². The molecule has 0 heterocycles. The Hall–Kier alpha value is 0.246. The Morgan fingerprint density at radius 1 is 0.564 bits per heavy atom. The zero-order valence-corrected chi connectivity index (χ0v) is 29.5. The molecule has 0 aliphatic heterocycles. The van der Waals surface area contributed by atoms with Crippen LogP contribution in [0.15, 0.2) is 35.2 Å². The second-order valence-electron chi connectivity index (χ2n) is 11.5. The molecular weight excluding hydrogens is 528 g/mol. The molecule has 0 saturated heterocycles. The van der Waals surface area contributed by atoms with E-state index in [4.69, 9.17) is 0 Å². The molecule has 2 rings (SSSR count). The van der Waals surface area contributed by atoms with E-state index in [1.54, 1.807) is 6.07 Å². The van der Waals surface area contributed by atoms with Crippen molar-refractivity contribution in [2.75, 3.05) is 0 Å². The van der Waals surface area contributed by atoms with Crippen molar-refractivity contribution in [3.05, 3.63) is 41.5 Å². The molecule has 2 aromatic carbocycles. The molecule has 0 saturated carbocycles. The molecule has 0 fully saturated rings. The van der Waals surface area contributed by atoms with Gasteiger partial charge in [-0.3, -0.25) is 0 Å².